The largest absolute Gasteiger partial charge is 0.487 e. The number of amides is 1. The van der Waals surface area contributed by atoms with Gasteiger partial charge in [0.05, 0.1) is 17.2 Å². The van der Waals surface area contributed by atoms with Crippen LogP contribution in [0.1, 0.15) is 29.8 Å². The second-order valence-electron chi connectivity index (χ2n) is 6.38. The molecule has 2 atom stereocenters. The highest BCUT2D eigenvalue weighted by molar-refractivity contribution is 6.32. The third kappa shape index (κ3) is 4.53. The highest BCUT2D eigenvalue weighted by Gasteiger charge is 2.26. The minimum absolute atomic E-state index is 0.0422. The summed E-state index contributed by atoms with van der Waals surface area (Å²) in [7, 11) is 0. The van der Waals surface area contributed by atoms with E-state index < -0.39 is 0 Å². The number of benzene rings is 2. The molecular weight excluding hydrogens is 338 g/mol. The quantitative estimate of drug-likeness (QED) is 0.822. The number of carbonyl (C=O) groups is 1. The van der Waals surface area contributed by atoms with E-state index in [1.807, 2.05) is 61.2 Å². The number of ether oxygens (including phenoxy) is 2. The van der Waals surface area contributed by atoms with Gasteiger partial charge in [-0.25, -0.2) is 0 Å². The lowest BCUT2D eigenvalue weighted by molar-refractivity contribution is -0.0586. The van der Waals surface area contributed by atoms with Gasteiger partial charge in [0.1, 0.15) is 12.4 Å². The van der Waals surface area contributed by atoms with Crippen LogP contribution in [-0.2, 0) is 11.3 Å². The van der Waals surface area contributed by atoms with Crippen molar-refractivity contribution in [1.29, 1.82) is 0 Å². The second kappa shape index (κ2) is 7.89. The number of halogens is 1. The molecule has 1 aliphatic heterocycles. The third-order valence-corrected chi connectivity index (χ3v) is 4.45. The van der Waals surface area contributed by atoms with Crippen LogP contribution in [0.15, 0.2) is 48.5 Å². The van der Waals surface area contributed by atoms with Crippen LogP contribution in [-0.4, -0.2) is 36.1 Å². The molecule has 2 aromatic rings. The van der Waals surface area contributed by atoms with Crippen LogP contribution in [0.3, 0.4) is 0 Å². The first-order valence-corrected chi connectivity index (χ1v) is 8.81. The first-order chi connectivity index (χ1) is 12.0. The highest BCUT2D eigenvalue weighted by Crippen LogP contribution is 2.24. The van der Waals surface area contributed by atoms with Gasteiger partial charge in [-0.2, -0.15) is 0 Å². The smallest absolute Gasteiger partial charge is 0.254 e. The molecule has 0 aromatic heterocycles. The van der Waals surface area contributed by atoms with E-state index in [1.54, 1.807) is 6.07 Å². The van der Waals surface area contributed by atoms with Crippen LogP contribution in [0.25, 0.3) is 0 Å². The summed E-state index contributed by atoms with van der Waals surface area (Å²) in [6.45, 7) is 5.64. The molecule has 4 nitrogen and oxygen atoms in total. The van der Waals surface area contributed by atoms with Gasteiger partial charge >= 0.3 is 0 Å². The Hall–Kier alpha value is -2.04. The van der Waals surface area contributed by atoms with Crippen molar-refractivity contribution in [2.45, 2.75) is 32.7 Å². The zero-order valence-corrected chi connectivity index (χ0v) is 15.2. The van der Waals surface area contributed by atoms with Crippen LogP contribution in [0.4, 0.5) is 0 Å². The third-order valence-electron chi connectivity index (χ3n) is 4.14. The van der Waals surface area contributed by atoms with Crippen molar-refractivity contribution >= 4 is 17.5 Å². The molecule has 1 amide bonds. The predicted molar refractivity (Wildman–Crippen MR) is 98.1 cm³/mol. The molecule has 0 radical (unpaired) electrons. The molecule has 1 aliphatic rings. The van der Waals surface area contributed by atoms with Gasteiger partial charge in [0.2, 0.25) is 0 Å². The maximum absolute atomic E-state index is 12.6. The van der Waals surface area contributed by atoms with Crippen LogP contribution < -0.4 is 4.74 Å². The maximum Gasteiger partial charge on any atom is 0.254 e. The molecule has 5 heteroatoms. The molecule has 132 valence electrons. The van der Waals surface area contributed by atoms with Crippen molar-refractivity contribution in [3.8, 4) is 5.75 Å². The standard InChI is InChI=1S/C20H22ClNO3/c1-14-11-22(12-15(2)25-14)20(23)17-9-7-16(8-10-17)13-24-19-6-4-3-5-18(19)21/h3-10,14-15H,11-13H2,1-2H3. The predicted octanol–water partition coefficient (Wildman–Crippen LogP) is 4.17. The second-order valence-corrected chi connectivity index (χ2v) is 6.79. The normalized spacial score (nSPS) is 20.4. The number of para-hydroxylation sites is 1. The van der Waals surface area contributed by atoms with Gasteiger partial charge in [-0.3, -0.25) is 4.79 Å². The van der Waals surface area contributed by atoms with Gasteiger partial charge in [-0.1, -0.05) is 35.9 Å². The Bertz CT molecular complexity index is 722. The van der Waals surface area contributed by atoms with Crippen molar-refractivity contribution in [2.24, 2.45) is 0 Å². The monoisotopic (exact) mass is 359 g/mol. The molecule has 1 fully saturated rings. The maximum atomic E-state index is 12.6. The number of hydrogen-bond acceptors (Lipinski definition) is 3. The topological polar surface area (TPSA) is 38.8 Å². The lowest BCUT2D eigenvalue weighted by Crippen LogP contribution is -2.48. The fourth-order valence-corrected chi connectivity index (χ4v) is 3.18. The van der Waals surface area contributed by atoms with Gasteiger partial charge in [-0.05, 0) is 43.7 Å². The fourth-order valence-electron chi connectivity index (χ4n) is 2.99. The minimum Gasteiger partial charge on any atom is -0.487 e. The molecule has 0 aliphatic carbocycles. The number of morpholine rings is 1. The van der Waals surface area contributed by atoms with Crippen molar-refractivity contribution < 1.29 is 14.3 Å². The molecule has 1 saturated heterocycles. The first kappa shape index (κ1) is 17.8. The van der Waals surface area contributed by atoms with Gasteiger partial charge in [0.25, 0.3) is 5.91 Å². The summed E-state index contributed by atoms with van der Waals surface area (Å²) >= 11 is 6.08. The molecule has 0 spiro atoms. The molecule has 0 saturated carbocycles. The first-order valence-electron chi connectivity index (χ1n) is 8.44. The number of nitrogens with zero attached hydrogens (tertiary/aromatic N) is 1. The molecule has 2 unspecified atom stereocenters. The average molecular weight is 360 g/mol. The molecule has 0 bridgehead atoms. The summed E-state index contributed by atoms with van der Waals surface area (Å²) in [5, 5.41) is 0.588. The van der Waals surface area contributed by atoms with Crippen LogP contribution >= 0.6 is 11.6 Å². The van der Waals surface area contributed by atoms with Crippen molar-refractivity contribution in [3.05, 3.63) is 64.7 Å². The molecule has 2 aromatic carbocycles. The summed E-state index contributed by atoms with van der Waals surface area (Å²) in [6, 6.07) is 14.9. The Morgan fingerprint density at radius 2 is 1.76 bits per heavy atom. The molecule has 25 heavy (non-hydrogen) atoms. The summed E-state index contributed by atoms with van der Waals surface area (Å²) in [4.78, 5) is 14.5. The summed E-state index contributed by atoms with van der Waals surface area (Å²) in [5.41, 5.74) is 1.67. The summed E-state index contributed by atoms with van der Waals surface area (Å²) < 4.78 is 11.4. The number of hydrogen-bond donors (Lipinski definition) is 0. The summed E-state index contributed by atoms with van der Waals surface area (Å²) in [5.74, 6) is 0.696. The number of carbonyl (C=O) groups excluding carboxylic acids is 1. The van der Waals surface area contributed by atoms with E-state index >= 15 is 0 Å². The lowest BCUT2D eigenvalue weighted by atomic mass is 10.1. The van der Waals surface area contributed by atoms with Crippen LogP contribution in [0, 0.1) is 0 Å². The molecular formula is C20H22ClNO3. The Balaban J connectivity index is 1.62. The summed E-state index contributed by atoms with van der Waals surface area (Å²) in [6.07, 6.45) is 0.131. The fraction of sp³-hybridized carbons (Fsp3) is 0.350. The Labute approximate surface area is 153 Å². The lowest BCUT2D eigenvalue weighted by Gasteiger charge is -2.35. The minimum atomic E-state index is 0.0422. The van der Waals surface area contributed by atoms with Crippen LogP contribution in [0.5, 0.6) is 5.75 Å². The van der Waals surface area contributed by atoms with E-state index in [-0.39, 0.29) is 18.1 Å². The van der Waals surface area contributed by atoms with Crippen LogP contribution in [0.2, 0.25) is 5.02 Å². The van der Waals surface area contributed by atoms with E-state index in [1.165, 1.54) is 0 Å². The SMILES string of the molecule is CC1CN(C(=O)c2ccc(COc3ccccc3Cl)cc2)CC(C)O1. The van der Waals surface area contributed by atoms with Crippen molar-refractivity contribution in [1.82, 2.24) is 4.90 Å². The highest BCUT2D eigenvalue weighted by atomic mass is 35.5. The molecule has 3 rings (SSSR count). The van der Waals surface area contributed by atoms with Gasteiger partial charge in [-0.15, -0.1) is 0 Å². The van der Waals surface area contributed by atoms with Gasteiger partial charge in [0, 0.05) is 18.7 Å². The zero-order valence-electron chi connectivity index (χ0n) is 14.4. The molecule has 0 N–H and O–H groups in total. The van der Waals surface area contributed by atoms with E-state index in [0.29, 0.717) is 36.0 Å². The van der Waals surface area contributed by atoms with E-state index in [0.717, 1.165) is 5.56 Å². The Morgan fingerprint density at radius 1 is 1.12 bits per heavy atom. The van der Waals surface area contributed by atoms with E-state index in [9.17, 15) is 4.79 Å². The van der Waals surface area contributed by atoms with Crippen molar-refractivity contribution in [3.63, 3.8) is 0 Å². The van der Waals surface area contributed by atoms with Crippen molar-refractivity contribution in [2.75, 3.05) is 13.1 Å². The molecule has 1 heterocycles. The number of rotatable bonds is 4. The van der Waals surface area contributed by atoms with E-state index in [2.05, 4.69) is 0 Å². The van der Waals surface area contributed by atoms with E-state index in [4.69, 9.17) is 21.1 Å². The van der Waals surface area contributed by atoms with Gasteiger partial charge < -0.3 is 14.4 Å². The van der Waals surface area contributed by atoms with Gasteiger partial charge in [0.15, 0.2) is 0 Å². The Morgan fingerprint density at radius 3 is 2.40 bits per heavy atom. The Kier molecular flexibility index (Phi) is 5.61. The zero-order chi connectivity index (χ0) is 17.8. The average Bonchev–Trinajstić information content (AvgIpc) is 2.60.